The Bertz CT molecular complexity index is 553. The number of hydrogen-bond acceptors (Lipinski definition) is 0. The first kappa shape index (κ1) is 15.7. The van der Waals surface area contributed by atoms with Crippen LogP contribution in [-0.2, 0) is 6.42 Å². The van der Waals surface area contributed by atoms with E-state index in [0.29, 0.717) is 29.4 Å². The molecule has 0 aromatic heterocycles. The summed E-state index contributed by atoms with van der Waals surface area (Å²) in [6.45, 7) is 2.20. The van der Waals surface area contributed by atoms with E-state index in [0.717, 1.165) is 37.7 Å². The molecule has 1 aromatic rings. The predicted octanol–water partition coefficient (Wildman–Crippen LogP) is 6.29. The van der Waals surface area contributed by atoms with Crippen LogP contribution in [0.1, 0.15) is 69.4 Å². The van der Waals surface area contributed by atoms with Gasteiger partial charge < -0.3 is 0 Å². The van der Waals surface area contributed by atoms with Gasteiger partial charge in [-0.25, -0.2) is 8.78 Å². The molecular weight excluding hydrogens is 278 g/mol. The summed E-state index contributed by atoms with van der Waals surface area (Å²) >= 11 is 0. The van der Waals surface area contributed by atoms with Crippen molar-refractivity contribution in [3.63, 3.8) is 0 Å². The second-order valence-corrected chi connectivity index (χ2v) is 7.03. The van der Waals surface area contributed by atoms with Crippen LogP contribution >= 0.6 is 0 Å². The molecule has 0 spiro atoms. The fourth-order valence-corrected chi connectivity index (χ4v) is 4.02. The Hall–Kier alpha value is -1.18. The summed E-state index contributed by atoms with van der Waals surface area (Å²) in [5.74, 6) is 0.0110. The highest BCUT2D eigenvalue weighted by Crippen LogP contribution is 2.35. The summed E-state index contributed by atoms with van der Waals surface area (Å²) in [5, 5.41) is 0. The average Bonchev–Trinajstić information content (AvgIpc) is 3.05. The minimum atomic E-state index is -0.628. The first-order valence-electron chi connectivity index (χ1n) is 8.85. The maximum absolute atomic E-state index is 14.5. The van der Waals surface area contributed by atoms with Crippen molar-refractivity contribution in [2.24, 2.45) is 11.8 Å². The summed E-state index contributed by atoms with van der Waals surface area (Å²) < 4.78 is 28.9. The predicted molar refractivity (Wildman–Crippen MR) is 87.6 cm³/mol. The summed E-state index contributed by atoms with van der Waals surface area (Å²) in [4.78, 5) is 0. The van der Waals surface area contributed by atoms with Gasteiger partial charge in [0.1, 0.15) is 0 Å². The molecule has 2 heteroatoms. The van der Waals surface area contributed by atoms with Gasteiger partial charge in [-0.1, -0.05) is 57.2 Å². The van der Waals surface area contributed by atoms with Crippen molar-refractivity contribution >= 4 is 5.57 Å². The molecule has 0 N–H and O–H groups in total. The molecule has 0 nitrogen and oxygen atoms in total. The molecule has 1 atom stereocenters. The van der Waals surface area contributed by atoms with Gasteiger partial charge in [0.2, 0.25) is 0 Å². The van der Waals surface area contributed by atoms with Crippen LogP contribution in [0, 0.1) is 23.5 Å². The first-order chi connectivity index (χ1) is 10.7. The maximum Gasteiger partial charge on any atom is 0.166 e. The van der Waals surface area contributed by atoms with Gasteiger partial charge in [-0.15, -0.1) is 0 Å². The Morgan fingerprint density at radius 3 is 2.41 bits per heavy atom. The van der Waals surface area contributed by atoms with Crippen LogP contribution in [0.4, 0.5) is 8.78 Å². The largest absolute Gasteiger partial charge is 0.203 e. The lowest BCUT2D eigenvalue weighted by molar-refractivity contribution is 0.463. The van der Waals surface area contributed by atoms with Crippen molar-refractivity contribution in [3.8, 4) is 0 Å². The number of benzene rings is 1. The quantitative estimate of drug-likeness (QED) is 0.613. The van der Waals surface area contributed by atoms with E-state index in [9.17, 15) is 8.78 Å². The van der Waals surface area contributed by atoms with Gasteiger partial charge in [0.15, 0.2) is 11.6 Å². The van der Waals surface area contributed by atoms with Crippen LogP contribution in [0.2, 0.25) is 0 Å². The Morgan fingerprint density at radius 2 is 1.77 bits per heavy atom. The average molecular weight is 304 g/mol. The maximum atomic E-state index is 14.5. The summed E-state index contributed by atoms with van der Waals surface area (Å²) in [7, 11) is 0. The van der Waals surface area contributed by atoms with Crippen LogP contribution < -0.4 is 0 Å². The minimum Gasteiger partial charge on any atom is -0.203 e. The normalized spacial score (nSPS) is 22.9. The molecule has 2 aliphatic rings. The second kappa shape index (κ2) is 6.93. The smallest absolute Gasteiger partial charge is 0.166 e. The monoisotopic (exact) mass is 304 g/mol. The fraction of sp³-hybridized carbons (Fsp3) is 0.600. The van der Waals surface area contributed by atoms with Gasteiger partial charge >= 0.3 is 0 Å². The highest BCUT2D eigenvalue weighted by Gasteiger charge is 2.22. The van der Waals surface area contributed by atoms with Gasteiger partial charge in [-0.3, -0.25) is 0 Å². The number of hydrogen-bond donors (Lipinski definition) is 0. The summed E-state index contributed by atoms with van der Waals surface area (Å²) in [5.41, 5.74) is 2.05. The molecule has 1 fully saturated rings. The third kappa shape index (κ3) is 3.26. The zero-order valence-corrected chi connectivity index (χ0v) is 13.5. The minimum absolute atomic E-state index is 0.488. The van der Waals surface area contributed by atoms with E-state index >= 15 is 0 Å². The van der Waals surface area contributed by atoms with Crippen LogP contribution in [-0.4, -0.2) is 0 Å². The summed E-state index contributed by atoms with van der Waals surface area (Å²) in [6.07, 6.45) is 11.7. The topological polar surface area (TPSA) is 0 Å². The van der Waals surface area contributed by atoms with Crippen molar-refractivity contribution in [3.05, 3.63) is 41.0 Å². The molecule has 0 heterocycles. The number of rotatable bonds is 4. The van der Waals surface area contributed by atoms with Crippen LogP contribution in [0.25, 0.3) is 5.57 Å². The third-order valence-corrected chi connectivity index (χ3v) is 5.59. The molecule has 1 unspecified atom stereocenters. The van der Waals surface area contributed by atoms with Gasteiger partial charge in [-0.2, -0.15) is 0 Å². The van der Waals surface area contributed by atoms with Crippen molar-refractivity contribution in [1.82, 2.24) is 0 Å². The zero-order valence-electron chi connectivity index (χ0n) is 13.5. The van der Waals surface area contributed by atoms with Gasteiger partial charge in [0.05, 0.1) is 0 Å². The molecule has 0 aliphatic heterocycles. The Balaban J connectivity index is 1.79. The van der Waals surface area contributed by atoms with E-state index in [2.05, 4.69) is 13.0 Å². The van der Waals surface area contributed by atoms with Gasteiger partial charge in [0, 0.05) is 5.56 Å². The fourth-order valence-electron chi connectivity index (χ4n) is 4.02. The number of halogens is 2. The lowest BCUT2D eigenvalue weighted by Gasteiger charge is -2.21. The molecule has 1 saturated carbocycles. The zero-order chi connectivity index (χ0) is 15.5. The van der Waals surface area contributed by atoms with E-state index in [1.54, 1.807) is 6.07 Å². The van der Waals surface area contributed by atoms with Crippen molar-refractivity contribution in [1.29, 1.82) is 0 Å². The molecule has 0 amide bonds. The van der Waals surface area contributed by atoms with Crippen LogP contribution in [0.15, 0.2) is 18.2 Å². The first-order valence-corrected chi connectivity index (χ1v) is 8.85. The van der Waals surface area contributed by atoms with E-state index in [4.69, 9.17) is 0 Å². The van der Waals surface area contributed by atoms with E-state index in [1.807, 2.05) is 6.07 Å². The molecule has 0 saturated heterocycles. The van der Waals surface area contributed by atoms with E-state index in [1.165, 1.54) is 19.3 Å². The summed E-state index contributed by atoms with van der Waals surface area (Å²) in [6, 6.07) is 3.62. The van der Waals surface area contributed by atoms with Gasteiger partial charge in [0.25, 0.3) is 0 Å². The molecule has 120 valence electrons. The Kier molecular flexibility index (Phi) is 4.95. The Morgan fingerprint density at radius 1 is 1.00 bits per heavy atom. The van der Waals surface area contributed by atoms with Crippen molar-refractivity contribution in [2.45, 2.75) is 64.7 Å². The van der Waals surface area contributed by atoms with Crippen LogP contribution in [0.3, 0.4) is 0 Å². The SMILES string of the molecule is CCC1CC=C(c2ccc(CC3CCCC3)c(F)c2F)CC1. The molecule has 0 radical (unpaired) electrons. The molecular formula is C20H26F2. The van der Waals surface area contributed by atoms with Gasteiger partial charge in [-0.05, 0) is 48.7 Å². The van der Waals surface area contributed by atoms with E-state index in [-0.39, 0.29) is 0 Å². The third-order valence-electron chi connectivity index (χ3n) is 5.59. The lowest BCUT2D eigenvalue weighted by Crippen LogP contribution is -2.08. The van der Waals surface area contributed by atoms with E-state index < -0.39 is 11.6 Å². The highest BCUT2D eigenvalue weighted by molar-refractivity contribution is 5.67. The van der Waals surface area contributed by atoms with Crippen molar-refractivity contribution in [2.75, 3.05) is 0 Å². The molecule has 2 aliphatic carbocycles. The molecule has 0 bridgehead atoms. The number of allylic oxidation sites excluding steroid dienone is 2. The van der Waals surface area contributed by atoms with Crippen molar-refractivity contribution < 1.29 is 8.78 Å². The molecule has 1 aromatic carbocycles. The lowest BCUT2D eigenvalue weighted by atomic mass is 9.84. The molecule has 3 rings (SSSR count). The Labute approximate surface area is 132 Å². The highest BCUT2D eigenvalue weighted by atomic mass is 19.2. The standard InChI is InChI=1S/C20H26F2/c1-2-14-7-9-16(10-8-14)18-12-11-17(19(21)20(18)22)13-15-5-3-4-6-15/h9,11-12,14-15H,2-8,10,13H2,1H3. The second-order valence-electron chi connectivity index (χ2n) is 7.03. The van der Waals surface area contributed by atoms with Crippen LogP contribution in [0.5, 0.6) is 0 Å². The molecule has 22 heavy (non-hydrogen) atoms.